The lowest BCUT2D eigenvalue weighted by Crippen LogP contribution is -2.33. The molecule has 0 spiro atoms. The van der Waals surface area contributed by atoms with Gasteiger partial charge in [0.2, 0.25) is 0 Å². The number of rotatable bonds is 2. The van der Waals surface area contributed by atoms with Gasteiger partial charge in [-0.25, -0.2) is 8.42 Å². The summed E-state index contributed by atoms with van der Waals surface area (Å²) in [6, 6.07) is 9.79. The highest BCUT2D eigenvalue weighted by Gasteiger charge is 2.30. The van der Waals surface area contributed by atoms with Crippen molar-refractivity contribution >= 4 is 15.7 Å². The molecule has 0 radical (unpaired) electrons. The molecule has 0 saturated carbocycles. The Hall–Kier alpha value is -2.21. The van der Waals surface area contributed by atoms with E-state index in [2.05, 4.69) is 10.3 Å². The van der Waals surface area contributed by atoms with Gasteiger partial charge in [-0.15, -0.1) is 0 Å². The standard InChI is InChI=1S/C15H14N2O3S/c18-15(11-5-8-16-9-6-11)17-13-7-10-21(19,20)14-4-2-1-3-12(13)14/h1-6,8-9,13H,7,10H2,(H,17,18). The topological polar surface area (TPSA) is 76.1 Å². The van der Waals surface area contributed by atoms with Gasteiger partial charge in [-0.05, 0) is 30.2 Å². The molecule has 0 saturated heterocycles. The van der Waals surface area contributed by atoms with Crippen LogP contribution in [-0.2, 0) is 9.84 Å². The quantitative estimate of drug-likeness (QED) is 0.916. The second kappa shape index (κ2) is 5.29. The van der Waals surface area contributed by atoms with Gasteiger partial charge in [0.25, 0.3) is 5.91 Å². The number of amides is 1. The number of pyridine rings is 1. The number of nitrogens with one attached hydrogen (secondary N) is 1. The molecule has 1 aromatic carbocycles. The van der Waals surface area contributed by atoms with E-state index in [1.54, 1.807) is 48.8 Å². The lowest BCUT2D eigenvalue weighted by atomic mass is 10.0. The van der Waals surface area contributed by atoms with Crippen LogP contribution >= 0.6 is 0 Å². The molecule has 1 unspecified atom stereocenters. The Morgan fingerprint density at radius 2 is 1.86 bits per heavy atom. The second-order valence-corrected chi connectivity index (χ2v) is 6.98. The number of sulfone groups is 1. The average Bonchev–Trinajstić information content (AvgIpc) is 2.51. The van der Waals surface area contributed by atoms with Crippen molar-refractivity contribution < 1.29 is 13.2 Å². The highest BCUT2D eigenvalue weighted by molar-refractivity contribution is 7.91. The van der Waals surface area contributed by atoms with Crippen LogP contribution in [0, 0.1) is 0 Å². The molecular weight excluding hydrogens is 288 g/mol. The maximum Gasteiger partial charge on any atom is 0.251 e. The molecule has 1 amide bonds. The van der Waals surface area contributed by atoms with Gasteiger partial charge in [0.1, 0.15) is 0 Å². The van der Waals surface area contributed by atoms with E-state index in [0.29, 0.717) is 22.4 Å². The summed E-state index contributed by atoms with van der Waals surface area (Å²) in [6.45, 7) is 0. The molecule has 6 heteroatoms. The number of hydrogen-bond acceptors (Lipinski definition) is 4. The maximum absolute atomic E-state index is 12.2. The van der Waals surface area contributed by atoms with Crippen molar-refractivity contribution in [2.45, 2.75) is 17.4 Å². The first-order valence-electron chi connectivity index (χ1n) is 6.60. The molecular formula is C15H14N2O3S. The zero-order valence-corrected chi connectivity index (χ0v) is 12.0. The smallest absolute Gasteiger partial charge is 0.251 e. The largest absolute Gasteiger partial charge is 0.345 e. The van der Waals surface area contributed by atoms with Crippen molar-refractivity contribution in [1.29, 1.82) is 0 Å². The summed E-state index contributed by atoms with van der Waals surface area (Å²) in [6.07, 6.45) is 3.48. The van der Waals surface area contributed by atoms with E-state index in [1.165, 1.54) is 0 Å². The zero-order valence-electron chi connectivity index (χ0n) is 11.2. The molecule has 5 nitrogen and oxygen atoms in total. The number of hydrogen-bond donors (Lipinski definition) is 1. The Kier molecular flexibility index (Phi) is 3.47. The zero-order chi connectivity index (χ0) is 14.9. The summed E-state index contributed by atoms with van der Waals surface area (Å²) in [7, 11) is -3.24. The van der Waals surface area contributed by atoms with Crippen LogP contribution in [0.25, 0.3) is 0 Å². The van der Waals surface area contributed by atoms with Gasteiger partial charge in [-0.3, -0.25) is 9.78 Å². The van der Waals surface area contributed by atoms with Gasteiger partial charge < -0.3 is 5.32 Å². The highest BCUT2D eigenvalue weighted by atomic mass is 32.2. The summed E-state index contributed by atoms with van der Waals surface area (Å²) >= 11 is 0. The fourth-order valence-electron chi connectivity index (χ4n) is 2.48. The van der Waals surface area contributed by atoms with Crippen LogP contribution in [0.15, 0.2) is 53.7 Å². The minimum atomic E-state index is -3.24. The fourth-order valence-corrected chi connectivity index (χ4v) is 4.11. The summed E-state index contributed by atoms with van der Waals surface area (Å²) in [5, 5.41) is 2.90. The van der Waals surface area contributed by atoms with E-state index in [4.69, 9.17) is 0 Å². The molecule has 1 atom stereocenters. The van der Waals surface area contributed by atoms with Gasteiger partial charge in [0.15, 0.2) is 9.84 Å². The molecule has 3 rings (SSSR count). The van der Waals surface area contributed by atoms with Gasteiger partial charge in [-0.1, -0.05) is 18.2 Å². The first-order chi connectivity index (χ1) is 10.1. The Labute approximate surface area is 122 Å². The maximum atomic E-state index is 12.2. The average molecular weight is 302 g/mol. The number of carbonyl (C=O) groups is 1. The van der Waals surface area contributed by atoms with Crippen LogP contribution in [0.2, 0.25) is 0 Å². The van der Waals surface area contributed by atoms with Crippen molar-refractivity contribution in [3.05, 3.63) is 59.9 Å². The molecule has 108 valence electrons. The second-order valence-electron chi connectivity index (χ2n) is 4.91. The fraction of sp³-hybridized carbons (Fsp3) is 0.200. The number of fused-ring (bicyclic) bond motifs is 1. The Morgan fingerprint density at radius 3 is 2.62 bits per heavy atom. The lowest BCUT2D eigenvalue weighted by Gasteiger charge is -2.26. The van der Waals surface area contributed by atoms with Crippen LogP contribution < -0.4 is 5.32 Å². The molecule has 2 aromatic rings. The van der Waals surface area contributed by atoms with E-state index in [-0.39, 0.29) is 17.7 Å². The molecule has 1 aliphatic rings. The number of nitrogens with zero attached hydrogens (tertiary/aromatic N) is 1. The van der Waals surface area contributed by atoms with Crippen molar-refractivity contribution in [2.24, 2.45) is 0 Å². The molecule has 1 aliphatic heterocycles. The summed E-state index contributed by atoms with van der Waals surface area (Å²) in [5.74, 6) is -0.179. The molecule has 2 heterocycles. The molecule has 1 aromatic heterocycles. The highest BCUT2D eigenvalue weighted by Crippen LogP contribution is 2.31. The molecule has 21 heavy (non-hydrogen) atoms. The SMILES string of the molecule is O=C(NC1CCS(=O)(=O)c2ccccc21)c1ccncc1. The number of carbonyl (C=O) groups excluding carboxylic acids is 1. The third kappa shape index (κ3) is 2.67. The van der Waals surface area contributed by atoms with E-state index in [0.717, 1.165) is 0 Å². The monoisotopic (exact) mass is 302 g/mol. The van der Waals surface area contributed by atoms with Gasteiger partial charge in [0.05, 0.1) is 16.7 Å². The predicted octanol–water partition coefficient (Wildman–Crippen LogP) is 1.73. The van der Waals surface area contributed by atoms with Gasteiger partial charge in [-0.2, -0.15) is 0 Å². The van der Waals surface area contributed by atoms with Crippen molar-refractivity contribution in [3.63, 3.8) is 0 Å². The van der Waals surface area contributed by atoms with Crippen molar-refractivity contribution in [2.75, 3.05) is 5.75 Å². The van der Waals surface area contributed by atoms with E-state index < -0.39 is 9.84 Å². The summed E-state index contributed by atoms with van der Waals surface area (Å²) < 4.78 is 24.1. The normalized spacial score (nSPS) is 19.5. The van der Waals surface area contributed by atoms with Gasteiger partial charge in [0, 0.05) is 18.0 Å². The molecule has 0 fully saturated rings. The number of aromatic nitrogens is 1. The first-order valence-corrected chi connectivity index (χ1v) is 8.26. The first kappa shape index (κ1) is 13.8. The van der Waals surface area contributed by atoms with Crippen molar-refractivity contribution in [3.8, 4) is 0 Å². The van der Waals surface area contributed by atoms with E-state index in [9.17, 15) is 13.2 Å². The van der Waals surface area contributed by atoms with Crippen molar-refractivity contribution in [1.82, 2.24) is 10.3 Å². The minimum absolute atomic E-state index is 0.0469. The van der Waals surface area contributed by atoms with Crippen LogP contribution in [0.3, 0.4) is 0 Å². The van der Waals surface area contributed by atoms with Gasteiger partial charge >= 0.3 is 0 Å². The third-order valence-corrected chi connectivity index (χ3v) is 5.37. The Bertz CT molecular complexity index is 773. The molecule has 1 N–H and O–H groups in total. The van der Waals surface area contributed by atoms with E-state index in [1.807, 2.05) is 0 Å². The summed E-state index contributed by atoms with van der Waals surface area (Å²) in [5.41, 5.74) is 1.17. The van der Waals surface area contributed by atoms with Crippen LogP contribution in [0.1, 0.15) is 28.4 Å². The Morgan fingerprint density at radius 1 is 1.14 bits per heavy atom. The van der Waals surface area contributed by atoms with Crippen LogP contribution in [0.5, 0.6) is 0 Å². The van der Waals surface area contributed by atoms with E-state index >= 15 is 0 Å². The van der Waals surface area contributed by atoms with Crippen LogP contribution in [0.4, 0.5) is 0 Å². The summed E-state index contributed by atoms with van der Waals surface area (Å²) in [4.78, 5) is 16.4. The molecule has 0 bridgehead atoms. The third-order valence-electron chi connectivity index (χ3n) is 3.55. The molecule has 0 aliphatic carbocycles. The van der Waals surface area contributed by atoms with Crippen LogP contribution in [-0.4, -0.2) is 25.1 Å². The lowest BCUT2D eigenvalue weighted by molar-refractivity contribution is 0.0934. The number of benzene rings is 1. The Balaban J connectivity index is 1.90. The minimum Gasteiger partial charge on any atom is -0.345 e. The predicted molar refractivity (Wildman–Crippen MR) is 77.6 cm³/mol.